The van der Waals surface area contributed by atoms with Gasteiger partial charge in [-0.2, -0.15) is 4.37 Å². The summed E-state index contributed by atoms with van der Waals surface area (Å²) in [6, 6.07) is 14.6. The Morgan fingerprint density at radius 3 is 2.40 bits per heavy atom. The number of aromatic nitrogens is 2. The maximum absolute atomic E-state index is 13.2. The Morgan fingerprint density at radius 2 is 1.77 bits per heavy atom. The first-order valence-electron chi connectivity index (χ1n) is 11.9. The van der Waals surface area contributed by atoms with Crippen molar-refractivity contribution >= 4 is 28.3 Å². The fourth-order valence-electron chi connectivity index (χ4n) is 4.17. The summed E-state index contributed by atoms with van der Waals surface area (Å²) < 4.78 is 22.9. The van der Waals surface area contributed by atoms with Gasteiger partial charge in [0.1, 0.15) is 17.4 Å². The number of carbonyl (C=O) groups is 1. The molecule has 0 saturated carbocycles. The largest absolute Gasteiger partial charge is 0.497 e. The molecule has 1 fully saturated rings. The topological polar surface area (TPSA) is 61.8 Å². The van der Waals surface area contributed by atoms with Crippen molar-refractivity contribution in [3.05, 3.63) is 65.7 Å². The van der Waals surface area contributed by atoms with Gasteiger partial charge in [0, 0.05) is 68.8 Å². The van der Waals surface area contributed by atoms with E-state index in [0.717, 1.165) is 35.2 Å². The van der Waals surface area contributed by atoms with Crippen LogP contribution in [0.25, 0.3) is 0 Å². The predicted molar refractivity (Wildman–Crippen MR) is 138 cm³/mol. The monoisotopic (exact) mass is 497 g/mol. The van der Waals surface area contributed by atoms with Crippen molar-refractivity contribution < 1.29 is 13.9 Å². The molecule has 35 heavy (non-hydrogen) atoms. The van der Waals surface area contributed by atoms with Crippen molar-refractivity contribution in [2.24, 2.45) is 0 Å². The van der Waals surface area contributed by atoms with Crippen LogP contribution in [0, 0.1) is 5.82 Å². The van der Waals surface area contributed by atoms with E-state index < -0.39 is 0 Å². The molecule has 4 rings (SSSR count). The van der Waals surface area contributed by atoms with Crippen LogP contribution >= 0.6 is 11.5 Å². The van der Waals surface area contributed by atoms with Crippen molar-refractivity contribution in [2.75, 3.05) is 49.6 Å². The second-order valence-corrected chi connectivity index (χ2v) is 9.63. The summed E-state index contributed by atoms with van der Waals surface area (Å²) >= 11 is 1.35. The van der Waals surface area contributed by atoms with E-state index in [4.69, 9.17) is 9.72 Å². The SMILES string of the molecule is COc1ccc(N2CCN(C(=O)CCN(c3nc(Cc4ccc(F)cc4)ns3)C(C)C)CC2)cc1. The van der Waals surface area contributed by atoms with Gasteiger partial charge in [0.05, 0.1) is 7.11 Å². The molecular weight excluding hydrogens is 465 g/mol. The van der Waals surface area contributed by atoms with Crippen LogP contribution in [0.5, 0.6) is 5.75 Å². The van der Waals surface area contributed by atoms with Crippen LogP contribution in [0.2, 0.25) is 0 Å². The lowest BCUT2D eigenvalue weighted by Gasteiger charge is -2.36. The van der Waals surface area contributed by atoms with E-state index >= 15 is 0 Å². The summed E-state index contributed by atoms with van der Waals surface area (Å²) in [5.41, 5.74) is 2.12. The third kappa shape index (κ3) is 6.48. The second-order valence-electron chi connectivity index (χ2n) is 8.90. The minimum atomic E-state index is -0.251. The van der Waals surface area contributed by atoms with Crippen molar-refractivity contribution in [1.82, 2.24) is 14.3 Å². The summed E-state index contributed by atoms with van der Waals surface area (Å²) in [5.74, 6) is 1.47. The second kappa shape index (κ2) is 11.5. The van der Waals surface area contributed by atoms with Crippen LogP contribution in [-0.4, -0.2) is 66.0 Å². The molecule has 0 aliphatic carbocycles. The standard InChI is InChI=1S/C26H32FN5O2S/c1-19(2)32(26-28-24(29-35-26)18-20-4-6-21(27)7-5-20)13-12-25(33)31-16-14-30(15-17-31)22-8-10-23(34-3)11-9-22/h4-11,19H,12-18H2,1-3H3. The van der Waals surface area contributed by atoms with Gasteiger partial charge in [-0.3, -0.25) is 4.79 Å². The maximum atomic E-state index is 13.2. The molecule has 0 atom stereocenters. The van der Waals surface area contributed by atoms with Crippen LogP contribution < -0.4 is 14.5 Å². The number of halogens is 1. The van der Waals surface area contributed by atoms with Crippen molar-refractivity contribution in [3.8, 4) is 5.75 Å². The molecule has 0 radical (unpaired) electrons. The van der Waals surface area contributed by atoms with Gasteiger partial charge in [-0.1, -0.05) is 12.1 Å². The number of piperazine rings is 1. The summed E-state index contributed by atoms with van der Waals surface area (Å²) in [7, 11) is 1.66. The van der Waals surface area contributed by atoms with E-state index in [0.29, 0.717) is 38.3 Å². The quantitative estimate of drug-likeness (QED) is 0.441. The fourth-order valence-corrected chi connectivity index (χ4v) is 5.02. The lowest BCUT2D eigenvalue weighted by molar-refractivity contribution is -0.131. The Balaban J connectivity index is 1.29. The lowest BCUT2D eigenvalue weighted by atomic mass is 10.1. The average Bonchev–Trinajstić information content (AvgIpc) is 3.33. The van der Waals surface area contributed by atoms with Crippen molar-refractivity contribution in [2.45, 2.75) is 32.7 Å². The zero-order valence-corrected chi connectivity index (χ0v) is 21.3. The highest BCUT2D eigenvalue weighted by atomic mass is 32.1. The van der Waals surface area contributed by atoms with Crippen LogP contribution in [0.3, 0.4) is 0 Å². The smallest absolute Gasteiger partial charge is 0.224 e. The molecule has 0 spiro atoms. The molecule has 1 aromatic heterocycles. The van der Waals surface area contributed by atoms with E-state index in [9.17, 15) is 9.18 Å². The number of rotatable bonds is 9. The van der Waals surface area contributed by atoms with Crippen LogP contribution in [0.1, 0.15) is 31.7 Å². The number of anilines is 2. The molecule has 1 saturated heterocycles. The highest BCUT2D eigenvalue weighted by Gasteiger charge is 2.23. The van der Waals surface area contributed by atoms with Gasteiger partial charge in [0.25, 0.3) is 0 Å². The predicted octanol–water partition coefficient (Wildman–Crippen LogP) is 4.23. The molecule has 2 aromatic carbocycles. The first-order chi connectivity index (χ1) is 16.9. The number of hydrogen-bond donors (Lipinski definition) is 0. The molecule has 9 heteroatoms. The lowest BCUT2D eigenvalue weighted by Crippen LogP contribution is -2.49. The Labute approximate surface area is 210 Å². The van der Waals surface area contributed by atoms with E-state index in [1.54, 1.807) is 19.2 Å². The molecule has 1 amide bonds. The normalized spacial score (nSPS) is 13.9. The molecule has 2 heterocycles. The van der Waals surface area contributed by atoms with Gasteiger partial charge in [0.15, 0.2) is 0 Å². The zero-order chi connectivity index (χ0) is 24.8. The number of ether oxygens (including phenoxy) is 1. The van der Waals surface area contributed by atoms with Crippen molar-refractivity contribution in [3.63, 3.8) is 0 Å². The number of hydrogen-bond acceptors (Lipinski definition) is 7. The van der Waals surface area contributed by atoms with Gasteiger partial charge in [-0.25, -0.2) is 9.37 Å². The summed E-state index contributed by atoms with van der Waals surface area (Å²) in [6.45, 7) is 7.85. The first kappa shape index (κ1) is 24.9. The molecule has 186 valence electrons. The molecule has 0 unspecified atom stereocenters. The van der Waals surface area contributed by atoms with Gasteiger partial charge < -0.3 is 19.4 Å². The van der Waals surface area contributed by atoms with Crippen LogP contribution in [-0.2, 0) is 11.2 Å². The van der Waals surface area contributed by atoms with Crippen LogP contribution in [0.15, 0.2) is 48.5 Å². The highest BCUT2D eigenvalue weighted by Crippen LogP contribution is 2.23. The maximum Gasteiger partial charge on any atom is 0.224 e. The molecule has 3 aromatic rings. The minimum absolute atomic E-state index is 0.168. The molecular formula is C26H32FN5O2S. The summed E-state index contributed by atoms with van der Waals surface area (Å²) in [5, 5.41) is 0.814. The minimum Gasteiger partial charge on any atom is -0.497 e. The zero-order valence-electron chi connectivity index (χ0n) is 20.5. The van der Waals surface area contributed by atoms with Gasteiger partial charge in [-0.15, -0.1) is 0 Å². The summed E-state index contributed by atoms with van der Waals surface area (Å²) in [6.07, 6.45) is 0.994. The number of nitrogens with zero attached hydrogens (tertiary/aromatic N) is 5. The van der Waals surface area contributed by atoms with Gasteiger partial charge >= 0.3 is 0 Å². The number of carbonyl (C=O) groups excluding carboxylic acids is 1. The Hall–Kier alpha value is -3.20. The Morgan fingerprint density at radius 1 is 1.09 bits per heavy atom. The van der Waals surface area contributed by atoms with Gasteiger partial charge in [0.2, 0.25) is 11.0 Å². The number of benzene rings is 2. The molecule has 0 bridgehead atoms. The van der Waals surface area contributed by atoms with E-state index in [-0.39, 0.29) is 17.8 Å². The molecule has 0 N–H and O–H groups in total. The molecule has 1 aliphatic heterocycles. The summed E-state index contributed by atoms with van der Waals surface area (Å²) in [4.78, 5) is 24.0. The van der Waals surface area contributed by atoms with E-state index in [1.807, 2.05) is 17.0 Å². The first-order valence-corrected chi connectivity index (χ1v) is 12.7. The Bertz CT molecular complexity index is 1100. The Kier molecular flexibility index (Phi) is 8.17. The van der Waals surface area contributed by atoms with E-state index in [1.165, 1.54) is 23.7 Å². The number of methoxy groups -OCH3 is 1. The number of amides is 1. The molecule has 1 aliphatic rings. The molecule has 7 nitrogen and oxygen atoms in total. The fraction of sp³-hybridized carbons (Fsp3) is 0.423. The third-order valence-electron chi connectivity index (χ3n) is 6.24. The average molecular weight is 498 g/mol. The van der Waals surface area contributed by atoms with Crippen LogP contribution in [0.4, 0.5) is 15.2 Å². The third-order valence-corrected chi connectivity index (χ3v) is 7.03. The van der Waals surface area contributed by atoms with Gasteiger partial charge in [-0.05, 0) is 55.8 Å². The van der Waals surface area contributed by atoms with Crippen molar-refractivity contribution in [1.29, 1.82) is 0 Å². The highest BCUT2D eigenvalue weighted by molar-refractivity contribution is 7.09. The van der Waals surface area contributed by atoms with E-state index in [2.05, 4.69) is 40.2 Å².